The third-order valence-corrected chi connectivity index (χ3v) is 5.84. The van der Waals surface area contributed by atoms with Crippen molar-refractivity contribution >= 4 is 21.6 Å². The quantitative estimate of drug-likeness (QED) is 0.838. The van der Waals surface area contributed by atoms with Gasteiger partial charge in [0.05, 0.1) is 24.2 Å². The zero-order chi connectivity index (χ0) is 18.2. The SMILES string of the molecule is CC(c1ccco1)N(C)C(=O)c1ccc2c(c1)CCCN2S(C)(=O)=O. The Balaban J connectivity index is 1.88. The van der Waals surface area contributed by atoms with Gasteiger partial charge in [-0.2, -0.15) is 0 Å². The fourth-order valence-electron chi connectivity index (χ4n) is 3.14. The van der Waals surface area contributed by atoms with Gasteiger partial charge in [0.1, 0.15) is 5.76 Å². The van der Waals surface area contributed by atoms with Crippen LogP contribution in [0.25, 0.3) is 0 Å². The van der Waals surface area contributed by atoms with Crippen LogP contribution in [0.2, 0.25) is 0 Å². The zero-order valence-electron chi connectivity index (χ0n) is 14.6. The number of benzene rings is 1. The lowest BCUT2D eigenvalue weighted by atomic mass is 10.00. The lowest BCUT2D eigenvalue weighted by Gasteiger charge is -2.30. The molecule has 7 heteroatoms. The molecule has 0 spiro atoms. The van der Waals surface area contributed by atoms with Crippen LogP contribution in [-0.4, -0.2) is 39.1 Å². The van der Waals surface area contributed by atoms with Crippen molar-refractivity contribution in [1.82, 2.24) is 4.90 Å². The number of furan rings is 1. The third kappa shape index (κ3) is 3.42. The molecule has 2 heterocycles. The second-order valence-electron chi connectivity index (χ2n) is 6.39. The maximum atomic E-state index is 12.8. The first-order chi connectivity index (χ1) is 11.8. The molecule has 134 valence electrons. The third-order valence-electron chi connectivity index (χ3n) is 4.66. The van der Waals surface area contributed by atoms with E-state index in [0.29, 0.717) is 17.8 Å². The minimum absolute atomic E-state index is 0.122. The molecule has 0 fully saturated rings. The summed E-state index contributed by atoms with van der Waals surface area (Å²) >= 11 is 0. The van der Waals surface area contributed by atoms with Crippen LogP contribution in [0.1, 0.15) is 41.1 Å². The van der Waals surface area contributed by atoms with Gasteiger partial charge in [-0.3, -0.25) is 9.10 Å². The van der Waals surface area contributed by atoms with Gasteiger partial charge < -0.3 is 9.32 Å². The summed E-state index contributed by atoms with van der Waals surface area (Å²) in [5.41, 5.74) is 2.11. The monoisotopic (exact) mass is 362 g/mol. The molecule has 2 aromatic rings. The Hall–Kier alpha value is -2.28. The van der Waals surface area contributed by atoms with Gasteiger partial charge >= 0.3 is 0 Å². The molecule has 0 radical (unpaired) electrons. The van der Waals surface area contributed by atoms with Crippen molar-refractivity contribution in [3.8, 4) is 0 Å². The standard InChI is InChI=1S/C18H22N2O4S/c1-13(17-7-5-11-24-17)19(2)18(21)15-8-9-16-14(12-15)6-4-10-20(16)25(3,22)23/h5,7-9,11-13H,4,6,10H2,1-3H3. The minimum atomic E-state index is -3.31. The van der Waals surface area contributed by atoms with E-state index in [1.54, 1.807) is 42.5 Å². The van der Waals surface area contributed by atoms with Gasteiger partial charge in [0.25, 0.3) is 5.91 Å². The second kappa shape index (κ2) is 6.55. The number of fused-ring (bicyclic) bond motifs is 1. The maximum absolute atomic E-state index is 12.8. The molecule has 0 saturated heterocycles. The number of carbonyl (C=O) groups excluding carboxylic acids is 1. The molecule has 0 saturated carbocycles. The van der Waals surface area contributed by atoms with Gasteiger partial charge in [0.15, 0.2) is 0 Å². The average molecular weight is 362 g/mol. The average Bonchev–Trinajstić information content (AvgIpc) is 3.12. The van der Waals surface area contributed by atoms with E-state index in [1.165, 1.54) is 10.6 Å². The molecule has 1 aliphatic rings. The van der Waals surface area contributed by atoms with Crippen molar-refractivity contribution in [2.24, 2.45) is 0 Å². The summed E-state index contributed by atoms with van der Waals surface area (Å²) in [7, 11) is -1.57. The summed E-state index contributed by atoms with van der Waals surface area (Å²) in [6.07, 6.45) is 4.30. The largest absolute Gasteiger partial charge is 0.467 e. The Labute approximate surface area is 148 Å². The number of rotatable bonds is 4. The van der Waals surface area contributed by atoms with Crippen LogP contribution in [0.15, 0.2) is 41.0 Å². The Kier molecular flexibility index (Phi) is 4.60. The topological polar surface area (TPSA) is 70.8 Å². The number of sulfonamides is 1. The summed E-state index contributed by atoms with van der Waals surface area (Å²) in [6, 6.07) is 8.67. The fraction of sp³-hybridized carbons (Fsp3) is 0.389. The lowest BCUT2D eigenvalue weighted by Crippen LogP contribution is -2.35. The Morgan fingerprint density at radius 3 is 2.72 bits per heavy atom. The number of carbonyl (C=O) groups is 1. The lowest BCUT2D eigenvalue weighted by molar-refractivity contribution is 0.0726. The Bertz CT molecular complexity index is 874. The molecule has 1 aliphatic heterocycles. The molecule has 0 N–H and O–H groups in total. The number of anilines is 1. The molecule has 0 aliphatic carbocycles. The van der Waals surface area contributed by atoms with E-state index in [2.05, 4.69) is 0 Å². The molecule has 1 unspecified atom stereocenters. The maximum Gasteiger partial charge on any atom is 0.254 e. The van der Waals surface area contributed by atoms with E-state index in [9.17, 15) is 13.2 Å². The van der Waals surface area contributed by atoms with Gasteiger partial charge in [-0.05, 0) is 55.7 Å². The van der Waals surface area contributed by atoms with E-state index in [1.807, 2.05) is 13.0 Å². The highest BCUT2D eigenvalue weighted by atomic mass is 32.2. The molecule has 0 bridgehead atoms. The molecular weight excluding hydrogens is 340 g/mol. The van der Waals surface area contributed by atoms with Crippen LogP contribution in [0, 0.1) is 0 Å². The Morgan fingerprint density at radius 1 is 1.32 bits per heavy atom. The predicted molar refractivity (Wildman–Crippen MR) is 96.2 cm³/mol. The van der Waals surface area contributed by atoms with Gasteiger partial charge in [0, 0.05) is 19.2 Å². The smallest absolute Gasteiger partial charge is 0.254 e. The van der Waals surface area contributed by atoms with Crippen molar-refractivity contribution in [2.45, 2.75) is 25.8 Å². The molecular formula is C18H22N2O4S. The van der Waals surface area contributed by atoms with E-state index in [4.69, 9.17) is 4.42 Å². The highest BCUT2D eigenvalue weighted by Crippen LogP contribution is 2.31. The van der Waals surface area contributed by atoms with Crippen molar-refractivity contribution in [3.63, 3.8) is 0 Å². The zero-order valence-corrected chi connectivity index (χ0v) is 15.4. The summed E-state index contributed by atoms with van der Waals surface area (Å²) < 4.78 is 30.7. The number of hydrogen-bond acceptors (Lipinski definition) is 4. The van der Waals surface area contributed by atoms with E-state index < -0.39 is 10.0 Å². The summed E-state index contributed by atoms with van der Waals surface area (Å²) in [5, 5.41) is 0. The van der Waals surface area contributed by atoms with Crippen LogP contribution in [0.3, 0.4) is 0 Å². The first-order valence-electron chi connectivity index (χ1n) is 8.20. The molecule has 1 aromatic carbocycles. The molecule has 3 rings (SSSR count). The highest BCUT2D eigenvalue weighted by Gasteiger charge is 2.26. The van der Waals surface area contributed by atoms with Crippen molar-refractivity contribution in [1.29, 1.82) is 0 Å². The van der Waals surface area contributed by atoms with Crippen LogP contribution < -0.4 is 4.31 Å². The molecule has 1 atom stereocenters. The van der Waals surface area contributed by atoms with Crippen molar-refractivity contribution in [3.05, 3.63) is 53.5 Å². The van der Waals surface area contributed by atoms with Gasteiger partial charge in [0.2, 0.25) is 10.0 Å². The number of hydrogen-bond donors (Lipinski definition) is 0. The van der Waals surface area contributed by atoms with E-state index >= 15 is 0 Å². The van der Waals surface area contributed by atoms with Gasteiger partial charge in [-0.15, -0.1) is 0 Å². The number of nitrogens with zero attached hydrogens (tertiary/aromatic N) is 2. The molecule has 25 heavy (non-hydrogen) atoms. The van der Waals surface area contributed by atoms with Crippen molar-refractivity contribution < 1.29 is 17.6 Å². The van der Waals surface area contributed by atoms with Crippen LogP contribution in [0.4, 0.5) is 5.69 Å². The predicted octanol–water partition coefficient (Wildman–Crippen LogP) is 2.83. The number of aryl methyl sites for hydroxylation is 1. The molecule has 1 aromatic heterocycles. The Morgan fingerprint density at radius 2 is 2.08 bits per heavy atom. The van der Waals surface area contributed by atoms with Crippen LogP contribution in [-0.2, 0) is 16.4 Å². The summed E-state index contributed by atoms with van der Waals surface area (Å²) in [6.45, 7) is 2.38. The highest BCUT2D eigenvalue weighted by molar-refractivity contribution is 7.92. The van der Waals surface area contributed by atoms with Crippen molar-refractivity contribution in [2.75, 3.05) is 24.2 Å². The second-order valence-corrected chi connectivity index (χ2v) is 8.30. The summed E-state index contributed by atoms with van der Waals surface area (Å²) in [4.78, 5) is 14.4. The van der Waals surface area contributed by atoms with Crippen LogP contribution in [0.5, 0.6) is 0 Å². The molecule has 1 amide bonds. The van der Waals surface area contributed by atoms with Gasteiger partial charge in [-0.25, -0.2) is 8.42 Å². The first kappa shape index (κ1) is 17.5. The van der Waals surface area contributed by atoms with E-state index in [0.717, 1.165) is 24.2 Å². The van der Waals surface area contributed by atoms with E-state index in [-0.39, 0.29) is 11.9 Å². The van der Waals surface area contributed by atoms with Gasteiger partial charge in [-0.1, -0.05) is 0 Å². The van der Waals surface area contributed by atoms with Crippen LogP contribution >= 0.6 is 0 Å². The minimum Gasteiger partial charge on any atom is -0.467 e. The first-order valence-corrected chi connectivity index (χ1v) is 10.0. The normalized spacial score (nSPS) is 15.6. The fourth-order valence-corrected chi connectivity index (χ4v) is 4.14. The molecule has 6 nitrogen and oxygen atoms in total. The number of amides is 1. The summed E-state index contributed by atoms with van der Waals surface area (Å²) in [5.74, 6) is 0.597.